The van der Waals surface area contributed by atoms with Crippen molar-refractivity contribution in [1.82, 2.24) is 0 Å². The minimum Gasteiger partial charge on any atom is -0.489 e. The minimum atomic E-state index is -6.00. The van der Waals surface area contributed by atoms with Gasteiger partial charge in [-0.15, -0.1) is 0 Å². The number of methoxy groups -OCH3 is 2. The molecule has 6 nitrogen and oxygen atoms in total. The summed E-state index contributed by atoms with van der Waals surface area (Å²) in [5.74, 6) is 1.04. The lowest BCUT2D eigenvalue weighted by atomic mass is 9.56. The zero-order valence-corrected chi connectivity index (χ0v) is 21.7. The van der Waals surface area contributed by atoms with Crippen molar-refractivity contribution in [2.24, 2.45) is 0 Å². The molecule has 0 saturated heterocycles. The van der Waals surface area contributed by atoms with E-state index in [2.05, 4.69) is 37.6 Å². The molecule has 2 aromatic carbocycles. The van der Waals surface area contributed by atoms with E-state index in [0.717, 1.165) is 24.0 Å². The molecule has 38 heavy (non-hydrogen) atoms. The predicted molar refractivity (Wildman–Crippen MR) is 131 cm³/mol. The molecule has 0 aliphatic rings. The fraction of sp³-hybridized carbons (Fsp3) is 0.455. The van der Waals surface area contributed by atoms with Crippen molar-refractivity contribution in [2.75, 3.05) is 14.2 Å². The van der Waals surface area contributed by atoms with E-state index < -0.39 is 14.5 Å². The number of diazo groups is 2. The van der Waals surface area contributed by atoms with Crippen molar-refractivity contribution >= 4 is 25.9 Å². The first-order valence-corrected chi connectivity index (χ1v) is 11.2. The monoisotopic (exact) mass is 554 g/mol. The van der Waals surface area contributed by atoms with E-state index >= 15 is 0 Å². The molecule has 0 aliphatic carbocycles. The normalized spacial score (nSPS) is 14.1. The van der Waals surface area contributed by atoms with Crippen molar-refractivity contribution in [2.45, 2.75) is 51.4 Å². The van der Waals surface area contributed by atoms with Crippen molar-refractivity contribution in [3.63, 3.8) is 0 Å². The maximum Gasteiger partial charge on any atom is 0.673 e. The Morgan fingerprint density at radius 2 is 0.921 bits per heavy atom. The highest BCUT2D eigenvalue weighted by Crippen LogP contribution is 2.51. The van der Waals surface area contributed by atoms with Crippen LogP contribution in [0.1, 0.15) is 51.7 Å². The summed E-state index contributed by atoms with van der Waals surface area (Å²) in [6.45, 7) is 8.71. The van der Waals surface area contributed by atoms with Gasteiger partial charge in [-0.2, -0.15) is 0 Å². The average molecular weight is 554 g/mol. The third-order valence-electron chi connectivity index (χ3n) is 6.48. The van der Waals surface area contributed by atoms with Crippen LogP contribution >= 0.6 is 0 Å². The summed E-state index contributed by atoms with van der Waals surface area (Å²) >= 11 is 0. The second-order valence-corrected chi connectivity index (χ2v) is 8.33. The van der Waals surface area contributed by atoms with Crippen LogP contribution in [0.15, 0.2) is 36.4 Å². The quantitative estimate of drug-likeness (QED) is 0.194. The lowest BCUT2D eigenvalue weighted by molar-refractivity contribution is 0.234. The van der Waals surface area contributed by atoms with Gasteiger partial charge in [0, 0.05) is 23.0 Å². The summed E-state index contributed by atoms with van der Waals surface area (Å²) in [4.78, 5) is 6.78. The van der Waals surface area contributed by atoms with E-state index in [-0.39, 0.29) is 10.8 Å². The van der Waals surface area contributed by atoms with Gasteiger partial charge in [0.15, 0.2) is 9.95 Å². The molecule has 0 saturated carbocycles. The molecule has 2 rings (SSSR count). The standard InChI is InChI=1S/C22H28N4O2.2BF4/c1-7-21(3,15-9-11-19(27-5)17(13-15)25-23)22(4,8-2)16-10-12-20(28-6)18(14-16)26-24;2*2-1(3,4)5/h9-14H,7-8H2,1-6H3;;/q+2;2*-1/t21-,22+;;. The summed E-state index contributed by atoms with van der Waals surface area (Å²) in [6, 6.07) is 11.4. The summed E-state index contributed by atoms with van der Waals surface area (Å²) in [5.41, 5.74) is 2.33. The number of hydrogen-bond acceptors (Lipinski definition) is 4. The van der Waals surface area contributed by atoms with Gasteiger partial charge in [-0.1, -0.05) is 39.8 Å². The molecule has 2 atom stereocenters. The van der Waals surface area contributed by atoms with Gasteiger partial charge in [-0.05, 0) is 36.1 Å². The van der Waals surface area contributed by atoms with Crippen molar-refractivity contribution < 1.29 is 44.0 Å². The molecule has 16 heteroatoms. The highest BCUT2D eigenvalue weighted by molar-refractivity contribution is 6.50. The second-order valence-electron chi connectivity index (χ2n) is 8.33. The Bertz CT molecular complexity index is 1050. The highest BCUT2D eigenvalue weighted by atomic mass is 19.5. The first-order valence-electron chi connectivity index (χ1n) is 11.2. The molecule has 210 valence electrons. The van der Waals surface area contributed by atoms with E-state index in [1.807, 2.05) is 36.4 Å². The molecule has 0 radical (unpaired) electrons. The van der Waals surface area contributed by atoms with E-state index in [1.54, 1.807) is 14.2 Å². The number of nitrogens with zero attached hydrogens (tertiary/aromatic N) is 4. The zero-order chi connectivity index (χ0) is 29.9. The Kier molecular flexibility index (Phi) is 12.5. The van der Waals surface area contributed by atoms with Crippen LogP contribution in [0.25, 0.3) is 9.95 Å². The zero-order valence-electron chi connectivity index (χ0n) is 21.7. The third kappa shape index (κ3) is 9.72. The van der Waals surface area contributed by atoms with Gasteiger partial charge in [0.2, 0.25) is 22.3 Å². The number of ether oxygens (including phenoxy) is 2. The van der Waals surface area contributed by atoms with Crippen LogP contribution in [0.2, 0.25) is 0 Å². The predicted octanol–water partition coefficient (Wildman–Crippen LogP) is 9.31. The van der Waals surface area contributed by atoms with Crippen molar-refractivity contribution in [3.8, 4) is 11.5 Å². The van der Waals surface area contributed by atoms with Crippen LogP contribution in [-0.4, -0.2) is 28.7 Å². The Balaban J connectivity index is 0.00000116. The van der Waals surface area contributed by atoms with E-state index in [0.29, 0.717) is 22.9 Å². The second kappa shape index (κ2) is 13.8. The van der Waals surface area contributed by atoms with Gasteiger partial charge in [-0.3, -0.25) is 0 Å². The topological polar surface area (TPSA) is 74.8 Å². The lowest BCUT2D eigenvalue weighted by Gasteiger charge is -2.47. The number of hydrogen-bond donors (Lipinski definition) is 0. The van der Waals surface area contributed by atoms with Gasteiger partial charge in [-0.25, -0.2) is 0 Å². The molecule has 0 fully saturated rings. The molecular formula is C22H28B2F8N4O2. The molecule has 0 amide bonds. The van der Waals surface area contributed by atoms with Gasteiger partial charge in [0.05, 0.1) is 14.2 Å². The molecule has 2 aromatic rings. The molecule has 0 N–H and O–H groups in total. The van der Waals surface area contributed by atoms with Gasteiger partial charge < -0.3 is 44.0 Å². The van der Waals surface area contributed by atoms with Crippen LogP contribution in [0.5, 0.6) is 11.5 Å². The van der Waals surface area contributed by atoms with Gasteiger partial charge in [0.1, 0.15) is 0 Å². The lowest BCUT2D eigenvalue weighted by Crippen LogP contribution is -2.44. The van der Waals surface area contributed by atoms with Crippen LogP contribution < -0.4 is 9.47 Å². The average Bonchev–Trinajstić information content (AvgIpc) is 2.84. The van der Waals surface area contributed by atoms with Gasteiger partial charge in [0.25, 0.3) is 0 Å². The fourth-order valence-electron chi connectivity index (χ4n) is 4.05. The van der Waals surface area contributed by atoms with E-state index in [1.165, 1.54) is 0 Å². The van der Waals surface area contributed by atoms with E-state index in [9.17, 15) is 45.3 Å². The van der Waals surface area contributed by atoms with Gasteiger partial charge >= 0.3 is 25.9 Å². The summed E-state index contributed by atoms with van der Waals surface area (Å²) in [6.07, 6.45) is 1.71. The van der Waals surface area contributed by atoms with Crippen molar-refractivity contribution in [1.29, 1.82) is 10.8 Å². The molecule has 0 aromatic heterocycles. The van der Waals surface area contributed by atoms with Crippen LogP contribution in [-0.2, 0) is 10.8 Å². The fourth-order valence-corrected chi connectivity index (χ4v) is 4.05. The summed E-state index contributed by atoms with van der Waals surface area (Å²) < 4.78 is 88.6. The summed E-state index contributed by atoms with van der Waals surface area (Å²) in [5, 5.41) is 18.8. The largest absolute Gasteiger partial charge is 0.673 e. The first-order chi connectivity index (χ1) is 17.3. The Labute approximate surface area is 215 Å². The molecular weight excluding hydrogens is 526 g/mol. The molecule has 0 spiro atoms. The molecule has 0 aliphatic heterocycles. The SMILES string of the molecule is CC[C@@](C)(c1ccc(OC)c([N+]#N)c1)[C@](C)(CC)c1ccc(OC)c([N+]#N)c1.F[B-](F)(F)F.F[B-](F)(F)F. The molecule has 0 heterocycles. The maximum atomic E-state index is 9.75. The Morgan fingerprint density at radius 3 is 1.11 bits per heavy atom. The highest BCUT2D eigenvalue weighted by Gasteiger charge is 2.46. The smallest absolute Gasteiger partial charge is 0.489 e. The number of rotatable bonds is 7. The number of benzene rings is 2. The van der Waals surface area contributed by atoms with Crippen LogP contribution in [0, 0.1) is 10.8 Å². The molecule has 0 bridgehead atoms. The maximum absolute atomic E-state index is 9.75. The summed E-state index contributed by atoms with van der Waals surface area (Å²) in [7, 11) is -8.90. The first kappa shape index (κ1) is 34.4. The Morgan fingerprint density at radius 1 is 0.658 bits per heavy atom. The van der Waals surface area contributed by atoms with E-state index in [4.69, 9.17) is 9.47 Å². The van der Waals surface area contributed by atoms with Crippen LogP contribution in [0.3, 0.4) is 0 Å². The number of halogens is 8. The molecule has 0 unspecified atom stereocenters. The Hall–Kier alpha value is -3.55. The minimum absolute atomic E-state index is 0.283. The van der Waals surface area contributed by atoms with Crippen LogP contribution in [0.4, 0.5) is 45.9 Å². The van der Waals surface area contributed by atoms with Crippen molar-refractivity contribution in [3.05, 3.63) is 57.5 Å². The third-order valence-corrected chi connectivity index (χ3v) is 6.48.